The van der Waals surface area contributed by atoms with Crippen LogP contribution in [0.2, 0.25) is 0 Å². The largest absolute Gasteiger partial charge is 0.253 e. The van der Waals surface area contributed by atoms with Crippen LogP contribution < -0.4 is 0 Å². The number of hydrogen-bond acceptors (Lipinski definition) is 6. The van der Waals surface area contributed by atoms with Crippen LogP contribution in [0.15, 0.2) is 47.2 Å². The number of aromatic nitrogens is 6. The van der Waals surface area contributed by atoms with E-state index >= 15 is 0 Å². The summed E-state index contributed by atoms with van der Waals surface area (Å²) in [5.74, 6) is 1.12. The van der Waals surface area contributed by atoms with E-state index in [4.69, 9.17) is 4.63 Å². The third-order valence-electron chi connectivity index (χ3n) is 3.17. The minimum atomic E-state index is 0.508. The molecule has 4 aromatic rings. The highest BCUT2D eigenvalue weighted by atomic mass is 16.6. The summed E-state index contributed by atoms with van der Waals surface area (Å²) < 4.78 is 6.41. The molecule has 0 aliphatic carbocycles. The summed E-state index contributed by atoms with van der Waals surface area (Å²) in [6.45, 7) is 1.83. The molecule has 4 rings (SSSR count). The number of benzene rings is 1. The van der Waals surface area contributed by atoms with Crippen molar-refractivity contribution in [3.63, 3.8) is 0 Å². The zero-order chi connectivity index (χ0) is 14.2. The summed E-state index contributed by atoms with van der Waals surface area (Å²) in [7, 11) is 0. The van der Waals surface area contributed by atoms with Gasteiger partial charge in [-0.3, -0.25) is 0 Å². The van der Waals surface area contributed by atoms with Gasteiger partial charge in [-0.15, -0.1) is 5.10 Å². The van der Waals surface area contributed by atoms with Crippen LogP contribution in [-0.2, 0) is 0 Å². The van der Waals surface area contributed by atoms with Gasteiger partial charge in [0.05, 0.1) is 0 Å². The van der Waals surface area contributed by atoms with Gasteiger partial charge in [-0.1, -0.05) is 35.5 Å². The summed E-state index contributed by atoms with van der Waals surface area (Å²) >= 11 is 0. The molecule has 0 atom stereocenters. The Morgan fingerprint density at radius 2 is 1.90 bits per heavy atom. The number of nitrogens with zero attached hydrogens (tertiary/aromatic N) is 6. The lowest BCUT2D eigenvalue weighted by atomic mass is 10.2. The number of hydrogen-bond donors (Lipinski definition) is 0. The maximum atomic E-state index is 4.76. The fourth-order valence-electron chi connectivity index (χ4n) is 2.15. The molecule has 3 aromatic heterocycles. The average molecular weight is 278 g/mol. The monoisotopic (exact) mass is 278 g/mol. The molecule has 0 amide bonds. The van der Waals surface area contributed by atoms with E-state index in [1.165, 1.54) is 0 Å². The van der Waals surface area contributed by atoms with Crippen molar-refractivity contribution in [1.82, 2.24) is 29.9 Å². The SMILES string of the molecule is Cc1nonc1-c1ccnc2nc(-c3ccccc3)nn12. The van der Waals surface area contributed by atoms with Crippen LogP contribution >= 0.6 is 0 Å². The Morgan fingerprint density at radius 1 is 1.05 bits per heavy atom. The third kappa shape index (κ3) is 1.86. The van der Waals surface area contributed by atoms with Gasteiger partial charge in [-0.05, 0) is 18.1 Å². The van der Waals surface area contributed by atoms with E-state index in [0.29, 0.717) is 23.0 Å². The van der Waals surface area contributed by atoms with Crippen molar-refractivity contribution in [2.45, 2.75) is 6.92 Å². The molecule has 0 radical (unpaired) electrons. The van der Waals surface area contributed by atoms with Gasteiger partial charge in [-0.2, -0.15) is 9.50 Å². The van der Waals surface area contributed by atoms with Gasteiger partial charge < -0.3 is 0 Å². The summed E-state index contributed by atoms with van der Waals surface area (Å²) in [5, 5.41) is 12.2. The van der Waals surface area contributed by atoms with Crippen LogP contribution in [0.25, 0.3) is 28.6 Å². The highest BCUT2D eigenvalue weighted by Crippen LogP contribution is 2.21. The average Bonchev–Trinajstić information content (AvgIpc) is 3.14. The van der Waals surface area contributed by atoms with Gasteiger partial charge in [0.2, 0.25) is 0 Å². The minimum Gasteiger partial charge on any atom is -0.244 e. The van der Waals surface area contributed by atoms with E-state index in [-0.39, 0.29) is 0 Å². The molecular weight excluding hydrogens is 268 g/mol. The quantitative estimate of drug-likeness (QED) is 0.558. The van der Waals surface area contributed by atoms with Crippen molar-refractivity contribution in [3.8, 4) is 22.8 Å². The minimum absolute atomic E-state index is 0.508. The van der Waals surface area contributed by atoms with Crippen molar-refractivity contribution in [1.29, 1.82) is 0 Å². The second-order valence-electron chi connectivity index (χ2n) is 4.54. The van der Waals surface area contributed by atoms with E-state index in [1.54, 1.807) is 10.7 Å². The molecule has 1 aromatic carbocycles. The van der Waals surface area contributed by atoms with E-state index in [0.717, 1.165) is 11.3 Å². The number of aryl methyl sites for hydroxylation is 1. The Bertz CT molecular complexity index is 912. The molecule has 0 N–H and O–H groups in total. The summed E-state index contributed by atoms with van der Waals surface area (Å²) in [6, 6.07) is 11.6. The molecule has 0 unspecified atom stereocenters. The lowest BCUT2D eigenvalue weighted by Crippen LogP contribution is -1.97. The molecule has 7 heteroatoms. The molecule has 0 spiro atoms. The van der Waals surface area contributed by atoms with Crippen LogP contribution in [0.5, 0.6) is 0 Å². The van der Waals surface area contributed by atoms with Crippen LogP contribution in [0.4, 0.5) is 0 Å². The Hall–Kier alpha value is -3.09. The third-order valence-corrected chi connectivity index (χ3v) is 3.17. The zero-order valence-electron chi connectivity index (χ0n) is 11.1. The van der Waals surface area contributed by atoms with Gasteiger partial charge in [0.15, 0.2) is 11.5 Å². The van der Waals surface area contributed by atoms with E-state index in [2.05, 4.69) is 25.4 Å². The first-order valence-corrected chi connectivity index (χ1v) is 6.39. The topological polar surface area (TPSA) is 82.0 Å². The number of fused-ring (bicyclic) bond motifs is 1. The molecule has 3 heterocycles. The Morgan fingerprint density at radius 3 is 2.67 bits per heavy atom. The predicted molar refractivity (Wildman–Crippen MR) is 74.2 cm³/mol. The molecule has 0 fully saturated rings. The highest BCUT2D eigenvalue weighted by molar-refractivity contribution is 5.62. The maximum absolute atomic E-state index is 4.76. The molecule has 0 saturated heterocycles. The van der Waals surface area contributed by atoms with E-state index in [9.17, 15) is 0 Å². The standard InChI is InChI=1S/C14H10N6O/c1-9-12(19-21-18-9)11-7-8-15-14-16-13(17-20(11)14)10-5-3-2-4-6-10/h2-8H,1H3. The van der Waals surface area contributed by atoms with Crippen LogP contribution in [-0.4, -0.2) is 29.9 Å². The first-order chi connectivity index (χ1) is 10.3. The molecular formula is C14H10N6O. The first-order valence-electron chi connectivity index (χ1n) is 6.39. The summed E-state index contributed by atoms with van der Waals surface area (Å²) in [4.78, 5) is 8.68. The maximum Gasteiger partial charge on any atom is 0.253 e. The molecule has 0 saturated carbocycles. The van der Waals surface area contributed by atoms with E-state index < -0.39 is 0 Å². The van der Waals surface area contributed by atoms with Gasteiger partial charge in [0, 0.05) is 11.8 Å². The second kappa shape index (κ2) is 4.48. The van der Waals surface area contributed by atoms with E-state index in [1.807, 2.05) is 43.3 Å². The van der Waals surface area contributed by atoms with Gasteiger partial charge >= 0.3 is 0 Å². The molecule has 102 valence electrons. The van der Waals surface area contributed by atoms with Gasteiger partial charge in [-0.25, -0.2) is 9.61 Å². The molecule has 0 aliphatic rings. The van der Waals surface area contributed by atoms with Crippen LogP contribution in [0.3, 0.4) is 0 Å². The summed E-state index contributed by atoms with van der Waals surface area (Å²) in [5.41, 5.74) is 3.00. The molecule has 0 bridgehead atoms. The van der Waals surface area contributed by atoms with Crippen LogP contribution in [0.1, 0.15) is 5.69 Å². The summed E-state index contributed by atoms with van der Waals surface area (Å²) in [6.07, 6.45) is 1.67. The van der Waals surface area contributed by atoms with Crippen molar-refractivity contribution >= 4 is 5.78 Å². The van der Waals surface area contributed by atoms with Crippen molar-refractivity contribution in [3.05, 3.63) is 48.3 Å². The lowest BCUT2D eigenvalue weighted by molar-refractivity contribution is 0.305. The fraction of sp³-hybridized carbons (Fsp3) is 0.0714. The first kappa shape index (κ1) is 11.7. The lowest BCUT2D eigenvalue weighted by Gasteiger charge is -1.98. The normalized spacial score (nSPS) is 11.1. The van der Waals surface area contributed by atoms with Crippen molar-refractivity contribution in [2.24, 2.45) is 0 Å². The predicted octanol–water partition coefficient (Wildman–Crippen LogP) is 2.15. The Labute approximate surface area is 119 Å². The Kier molecular flexibility index (Phi) is 2.50. The number of rotatable bonds is 2. The highest BCUT2D eigenvalue weighted by Gasteiger charge is 2.15. The molecule has 7 nitrogen and oxygen atoms in total. The molecule has 21 heavy (non-hydrogen) atoms. The van der Waals surface area contributed by atoms with Gasteiger partial charge in [0.25, 0.3) is 5.78 Å². The van der Waals surface area contributed by atoms with Crippen LogP contribution in [0, 0.1) is 6.92 Å². The fourth-order valence-corrected chi connectivity index (χ4v) is 2.15. The Balaban J connectivity index is 1.95. The smallest absolute Gasteiger partial charge is 0.244 e. The molecule has 0 aliphatic heterocycles. The zero-order valence-corrected chi connectivity index (χ0v) is 11.1. The van der Waals surface area contributed by atoms with Gasteiger partial charge in [0.1, 0.15) is 11.4 Å². The van der Waals surface area contributed by atoms with Crippen molar-refractivity contribution in [2.75, 3.05) is 0 Å². The van der Waals surface area contributed by atoms with Crippen molar-refractivity contribution < 1.29 is 4.63 Å². The second-order valence-corrected chi connectivity index (χ2v) is 4.54.